The molecule has 0 bridgehead atoms. The molecule has 0 atom stereocenters. The van der Waals surface area contributed by atoms with Gasteiger partial charge in [0, 0.05) is 50.0 Å². The number of ether oxygens (including phenoxy) is 1. The Balaban J connectivity index is 1.64. The summed E-state index contributed by atoms with van der Waals surface area (Å²) >= 11 is 0. The van der Waals surface area contributed by atoms with Crippen molar-refractivity contribution in [3.63, 3.8) is 0 Å². The average Bonchev–Trinajstić information content (AvgIpc) is 2.67. The molecule has 1 aliphatic heterocycles. The second-order valence-corrected chi connectivity index (χ2v) is 6.26. The summed E-state index contributed by atoms with van der Waals surface area (Å²) in [4.78, 5) is 25.6. The summed E-state index contributed by atoms with van der Waals surface area (Å²) in [6.45, 7) is 7.58. The molecule has 0 aliphatic carbocycles. The van der Waals surface area contributed by atoms with Crippen molar-refractivity contribution in [2.45, 2.75) is 20.4 Å². The molecular formula is C19H25N5O2. The monoisotopic (exact) mass is 355 g/mol. The van der Waals surface area contributed by atoms with Crippen LogP contribution < -0.4 is 15.4 Å². The van der Waals surface area contributed by atoms with Gasteiger partial charge in [-0.1, -0.05) is 12.1 Å². The molecule has 7 nitrogen and oxygen atoms in total. The van der Waals surface area contributed by atoms with Crippen LogP contribution in [0, 0.1) is 6.92 Å². The number of nitrogens with two attached hydrogens (primary N) is 1. The van der Waals surface area contributed by atoms with Gasteiger partial charge in [-0.05, 0) is 31.5 Å². The maximum absolute atomic E-state index is 12.7. The van der Waals surface area contributed by atoms with E-state index >= 15 is 0 Å². The lowest BCUT2D eigenvalue weighted by molar-refractivity contribution is 0.0746. The molecule has 7 heteroatoms. The second-order valence-electron chi connectivity index (χ2n) is 6.26. The van der Waals surface area contributed by atoms with E-state index in [0.29, 0.717) is 56.7 Å². The molecule has 1 amide bonds. The van der Waals surface area contributed by atoms with Gasteiger partial charge in [-0.2, -0.15) is 4.98 Å². The number of carbonyl (C=O) groups is 1. The summed E-state index contributed by atoms with van der Waals surface area (Å²) in [6, 6.07) is 9.32. The molecule has 1 aromatic heterocycles. The highest BCUT2D eigenvalue weighted by Crippen LogP contribution is 2.18. The van der Waals surface area contributed by atoms with Crippen LogP contribution in [-0.2, 0) is 6.54 Å². The van der Waals surface area contributed by atoms with E-state index in [4.69, 9.17) is 10.5 Å². The first-order chi connectivity index (χ1) is 12.6. The number of carbonyl (C=O) groups excluding carboxylic acids is 1. The van der Waals surface area contributed by atoms with Crippen molar-refractivity contribution in [1.29, 1.82) is 0 Å². The van der Waals surface area contributed by atoms with Crippen LogP contribution in [0.5, 0.6) is 5.88 Å². The maximum Gasteiger partial charge on any atom is 0.253 e. The van der Waals surface area contributed by atoms with Gasteiger partial charge < -0.3 is 20.3 Å². The summed E-state index contributed by atoms with van der Waals surface area (Å²) in [5.41, 5.74) is 8.20. The summed E-state index contributed by atoms with van der Waals surface area (Å²) in [5, 5.41) is 0. The second kappa shape index (κ2) is 8.14. The van der Waals surface area contributed by atoms with Crippen molar-refractivity contribution in [2.75, 3.05) is 37.7 Å². The molecule has 0 unspecified atom stereocenters. The number of aryl methyl sites for hydroxylation is 1. The maximum atomic E-state index is 12.7. The topological polar surface area (TPSA) is 84.6 Å². The van der Waals surface area contributed by atoms with Gasteiger partial charge in [0.15, 0.2) is 0 Å². The van der Waals surface area contributed by atoms with Gasteiger partial charge in [0.25, 0.3) is 5.91 Å². The van der Waals surface area contributed by atoms with Crippen molar-refractivity contribution >= 4 is 11.9 Å². The zero-order chi connectivity index (χ0) is 18.5. The highest BCUT2D eigenvalue weighted by atomic mass is 16.5. The van der Waals surface area contributed by atoms with Gasteiger partial charge in [-0.15, -0.1) is 0 Å². The third-order valence-electron chi connectivity index (χ3n) is 4.40. The molecule has 1 aliphatic rings. The van der Waals surface area contributed by atoms with Gasteiger partial charge in [0.1, 0.15) is 0 Å². The van der Waals surface area contributed by atoms with Crippen LogP contribution in [0.15, 0.2) is 30.3 Å². The first kappa shape index (κ1) is 18.1. The molecule has 1 saturated heterocycles. The third kappa shape index (κ3) is 4.11. The molecule has 138 valence electrons. The van der Waals surface area contributed by atoms with E-state index < -0.39 is 0 Å². The van der Waals surface area contributed by atoms with Crippen LogP contribution >= 0.6 is 0 Å². The van der Waals surface area contributed by atoms with Crippen molar-refractivity contribution in [3.8, 4) is 5.88 Å². The number of hydrogen-bond acceptors (Lipinski definition) is 6. The first-order valence-electron chi connectivity index (χ1n) is 8.92. The summed E-state index contributed by atoms with van der Waals surface area (Å²) in [7, 11) is 0. The third-order valence-corrected chi connectivity index (χ3v) is 4.40. The number of piperazine rings is 1. The van der Waals surface area contributed by atoms with Crippen LogP contribution in [0.1, 0.15) is 28.5 Å². The molecule has 26 heavy (non-hydrogen) atoms. The SMILES string of the molecule is CCOc1cc(C)nc(N2CCN(C(=O)c3ccc(CN)cc3)CC2)n1. The minimum absolute atomic E-state index is 0.0494. The van der Waals surface area contributed by atoms with Crippen LogP contribution in [0.3, 0.4) is 0 Å². The molecule has 2 N–H and O–H groups in total. The zero-order valence-electron chi connectivity index (χ0n) is 15.3. The summed E-state index contributed by atoms with van der Waals surface area (Å²) in [5.74, 6) is 1.30. The predicted molar refractivity (Wildman–Crippen MR) is 100 cm³/mol. The van der Waals surface area contributed by atoms with E-state index in [1.165, 1.54) is 0 Å². The van der Waals surface area contributed by atoms with Gasteiger partial charge >= 0.3 is 0 Å². The molecule has 0 radical (unpaired) electrons. The van der Waals surface area contributed by atoms with Crippen molar-refractivity contribution < 1.29 is 9.53 Å². The van der Waals surface area contributed by atoms with Crippen LogP contribution in [0.25, 0.3) is 0 Å². The molecule has 0 spiro atoms. The van der Waals surface area contributed by atoms with E-state index in [1.54, 1.807) is 0 Å². The fourth-order valence-corrected chi connectivity index (χ4v) is 2.96. The quantitative estimate of drug-likeness (QED) is 0.877. The smallest absolute Gasteiger partial charge is 0.253 e. The lowest BCUT2D eigenvalue weighted by atomic mass is 10.1. The number of anilines is 1. The minimum atomic E-state index is 0.0494. The Morgan fingerprint density at radius 2 is 1.85 bits per heavy atom. The van der Waals surface area contributed by atoms with Crippen molar-refractivity contribution in [2.24, 2.45) is 5.73 Å². The normalized spacial score (nSPS) is 14.4. The highest BCUT2D eigenvalue weighted by molar-refractivity contribution is 5.94. The van der Waals surface area contributed by atoms with Gasteiger partial charge in [0.05, 0.1) is 6.61 Å². The van der Waals surface area contributed by atoms with Gasteiger partial charge in [-0.3, -0.25) is 4.79 Å². The molecule has 2 heterocycles. The number of nitrogens with zero attached hydrogens (tertiary/aromatic N) is 4. The molecule has 1 fully saturated rings. The van der Waals surface area contributed by atoms with Crippen molar-refractivity contribution in [1.82, 2.24) is 14.9 Å². The number of hydrogen-bond donors (Lipinski definition) is 1. The standard InChI is InChI=1S/C19H25N5O2/c1-3-26-17-12-14(2)21-19(22-17)24-10-8-23(9-11-24)18(25)16-6-4-15(13-20)5-7-16/h4-7,12H,3,8-11,13,20H2,1-2H3. The van der Waals surface area contributed by atoms with E-state index in [-0.39, 0.29) is 5.91 Å². The van der Waals surface area contributed by atoms with E-state index in [9.17, 15) is 4.79 Å². The van der Waals surface area contributed by atoms with Gasteiger partial charge in [0.2, 0.25) is 11.8 Å². The fourth-order valence-electron chi connectivity index (χ4n) is 2.96. The Kier molecular flexibility index (Phi) is 5.68. The minimum Gasteiger partial charge on any atom is -0.478 e. The summed E-state index contributed by atoms with van der Waals surface area (Å²) in [6.07, 6.45) is 0. The van der Waals surface area contributed by atoms with E-state index in [0.717, 1.165) is 11.3 Å². The highest BCUT2D eigenvalue weighted by Gasteiger charge is 2.24. The lowest BCUT2D eigenvalue weighted by Crippen LogP contribution is -2.49. The van der Waals surface area contributed by atoms with Crippen LogP contribution in [0.4, 0.5) is 5.95 Å². The Hall–Kier alpha value is -2.67. The van der Waals surface area contributed by atoms with Crippen molar-refractivity contribution in [3.05, 3.63) is 47.2 Å². The number of amides is 1. The summed E-state index contributed by atoms with van der Waals surface area (Å²) < 4.78 is 5.50. The molecule has 3 rings (SSSR count). The Bertz CT molecular complexity index is 755. The lowest BCUT2D eigenvalue weighted by Gasteiger charge is -2.35. The van der Waals surface area contributed by atoms with Crippen LogP contribution in [-0.4, -0.2) is 53.6 Å². The number of aromatic nitrogens is 2. The Morgan fingerprint density at radius 1 is 1.15 bits per heavy atom. The van der Waals surface area contributed by atoms with E-state index in [2.05, 4.69) is 14.9 Å². The molecule has 2 aromatic rings. The average molecular weight is 355 g/mol. The Labute approximate surface area is 153 Å². The molecule has 1 aromatic carbocycles. The van der Waals surface area contributed by atoms with Crippen LogP contribution in [0.2, 0.25) is 0 Å². The fraction of sp³-hybridized carbons (Fsp3) is 0.421. The largest absolute Gasteiger partial charge is 0.478 e. The number of rotatable bonds is 5. The molecular weight excluding hydrogens is 330 g/mol. The zero-order valence-corrected chi connectivity index (χ0v) is 15.3. The molecule has 0 saturated carbocycles. The van der Waals surface area contributed by atoms with E-state index in [1.807, 2.05) is 49.1 Å². The van der Waals surface area contributed by atoms with Gasteiger partial charge in [-0.25, -0.2) is 4.98 Å². The Morgan fingerprint density at radius 3 is 2.46 bits per heavy atom. The predicted octanol–water partition coefficient (Wildman–Crippen LogP) is 1.60. The number of benzene rings is 1. The first-order valence-corrected chi connectivity index (χ1v) is 8.92.